The van der Waals surface area contributed by atoms with Crippen molar-refractivity contribution in [2.45, 2.75) is 31.8 Å². The first-order valence-electron chi connectivity index (χ1n) is 8.46. The zero-order chi connectivity index (χ0) is 17.6. The van der Waals surface area contributed by atoms with Gasteiger partial charge < -0.3 is 4.74 Å². The largest absolute Gasteiger partial charge is 0.373 e. The number of pyridine rings is 1. The maximum Gasteiger partial charge on any atom is 0.261 e. The third-order valence-electron chi connectivity index (χ3n) is 5.01. The highest BCUT2D eigenvalue weighted by atomic mass is 16.5. The zero-order valence-electron chi connectivity index (χ0n) is 14.6. The molecule has 4 heterocycles. The second-order valence-corrected chi connectivity index (χ2v) is 6.68. The fourth-order valence-electron chi connectivity index (χ4n) is 3.43. The van der Waals surface area contributed by atoms with Crippen LogP contribution in [-0.2, 0) is 18.8 Å². The van der Waals surface area contributed by atoms with Crippen molar-refractivity contribution in [2.75, 3.05) is 6.61 Å². The maximum absolute atomic E-state index is 12.5. The van der Waals surface area contributed by atoms with Gasteiger partial charge in [-0.2, -0.15) is 5.10 Å². The lowest BCUT2D eigenvalue weighted by Crippen LogP contribution is -2.22. The summed E-state index contributed by atoms with van der Waals surface area (Å²) in [5, 5.41) is 4.86. The molecule has 1 fully saturated rings. The van der Waals surface area contributed by atoms with Gasteiger partial charge in [-0.25, -0.2) is 4.98 Å². The van der Waals surface area contributed by atoms with E-state index in [1.165, 1.54) is 0 Å². The van der Waals surface area contributed by atoms with Gasteiger partial charge in [0.25, 0.3) is 5.56 Å². The average Bonchev–Trinajstić information content (AvgIpc) is 3.06. The van der Waals surface area contributed by atoms with Crippen LogP contribution in [0.3, 0.4) is 0 Å². The predicted molar refractivity (Wildman–Crippen MR) is 93.4 cm³/mol. The Morgan fingerprint density at radius 3 is 2.88 bits per heavy atom. The van der Waals surface area contributed by atoms with Gasteiger partial charge in [-0.05, 0) is 25.8 Å². The number of nitrogens with zero attached hydrogens (tertiary/aromatic N) is 5. The number of aromatic nitrogens is 5. The molecule has 130 valence electrons. The van der Waals surface area contributed by atoms with Crippen LogP contribution in [0.4, 0.5) is 0 Å². The first-order valence-corrected chi connectivity index (χ1v) is 8.46. The van der Waals surface area contributed by atoms with Gasteiger partial charge in [-0.3, -0.25) is 19.0 Å². The van der Waals surface area contributed by atoms with E-state index in [1.807, 2.05) is 32.4 Å². The quantitative estimate of drug-likeness (QED) is 0.714. The van der Waals surface area contributed by atoms with E-state index in [9.17, 15) is 4.79 Å². The van der Waals surface area contributed by atoms with Crippen molar-refractivity contribution in [3.63, 3.8) is 0 Å². The molecule has 7 nitrogen and oxygen atoms in total. The van der Waals surface area contributed by atoms with E-state index in [2.05, 4.69) is 15.1 Å². The highest BCUT2D eigenvalue weighted by molar-refractivity contribution is 5.77. The Kier molecular flexibility index (Phi) is 3.88. The summed E-state index contributed by atoms with van der Waals surface area (Å²) in [7, 11) is 3.65. The molecule has 4 rings (SSSR count). The zero-order valence-corrected chi connectivity index (χ0v) is 14.6. The summed E-state index contributed by atoms with van der Waals surface area (Å²) >= 11 is 0. The Labute approximate surface area is 145 Å². The average molecular weight is 339 g/mol. The first kappa shape index (κ1) is 16.0. The molecule has 0 radical (unpaired) electrons. The molecule has 3 aromatic rings. The smallest absolute Gasteiger partial charge is 0.261 e. The molecule has 0 N–H and O–H groups in total. The van der Waals surface area contributed by atoms with Crippen LogP contribution in [0.2, 0.25) is 0 Å². The van der Waals surface area contributed by atoms with Crippen LogP contribution in [0.5, 0.6) is 0 Å². The highest BCUT2D eigenvalue weighted by Crippen LogP contribution is 2.36. The van der Waals surface area contributed by atoms with E-state index in [-0.39, 0.29) is 17.6 Å². The molecule has 0 spiro atoms. The van der Waals surface area contributed by atoms with Crippen LogP contribution < -0.4 is 5.56 Å². The third-order valence-corrected chi connectivity index (χ3v) is 5.01. The van der Waals surface area contributed by atoms with Crippen LogP contribution in [0.15, 0.2) is 29.5 Å². The van der Waals surface area contributed by atoms with E-state index in [1.54, 1.807) is 22.5 Å². The lowest BCUT2D eigenvalue weighted by atomic mass is 9.89. The van der Waals surface area contributed by atoms with Crippen molar-refractivity contribution >= 4 is 10.9 Å². The van der Waals surface area contributed by atoms with Crippen molar-refractivity contribution in [2.24, 2.45) is 14.1 Å². The summed E-state index contributed by atoms with van der Waals surface area (Å²) in [6, 6.07) is 1.90. The molecule has 7 heteroatoms. The molecular weight excluding hydrogens is 318 g/mol. The van der Waals surface area contributed by atoms with Crippen LogP contribution in [0.1, 0.15) is 41.9 Å². The monoisotopic (exact) mass is 339 g/mol. The summed E-state index contributed by atoms with van der Waals surface area (Å²) in [6.45, 7) is 2.50. The molecule has 0 amide bonds. The molecule has 1 aliphatic heterocycles. The summed E-state index contributed by atoms with van der Waals surface area (Å²) in [5.74, 6) is 0.948. The van der Waals surface area contributed by atoms with Crippen molar-refractivity contribution in [1.29, 1.82) is 0 Å². The van der Waals surface area contributed by atoms with Gasteiger partial charge in [0.05, 0.1) is 29.4 Å². The maximum atomic E-state index is 12.5. The topological polar surface area (TPSA) is 74.8 Å². The first-order chi connectivity index (χ1) is 12.0. The number of aryl methyl sites for hydroxylation is 2. The number of ether oxygens (including phenoxy) is 1. The summed E-state index contributed by atoms with van der Waals surface area (Å²) < 4.78 is 9.28. The van der Waals surface area contributed by atoms with E-state index in [4.69, 9.17) is 4.74 Å². The fourth-order valence-corrected chi connectivity index (χ4v) is 3.43. The molecule has 3 aromatic heterocycles. The molecule has 0 aromatic carbocycles. The Hall–Kier alpha value is -2.54. The minimum Gasteiger partial charge on any atom is -0.373 e. The predicted octanol–water partition coefficient (Wildman–Crippen LogP) is 2.01. The normalized spacial score (nSPS) is 20.9. The van der Waals surface area contributed by atoms with Gasteiger partial charge in [0, 0.05) is 44.1 Å². The van der Waals surface area contributed by atoms with E-state index in [0.717, 1.165) is 24.1 Å². The molecule has 1 saturated heterocycles. The summed E-state index contributed by atoms with van der Waals surface area (Å²) in [5.41, 5.74) is 2.65. The van der Waals surface area contributed by atoms with Gasteiger partial charge in [-0.15, -0.1) is 0 Å². The molecular formula is C18H21N5O2. The van der Waals surface area contributed by atoms with Crippen LogP contribution >= 0.6 is 0 Å². The minimum atomic E-state index is -0.0259. The number of hydrogen-bond acceptors (Lipinski definition) is 5. The number of fused-ring (bicyclic) bond motifs is 1. The Morgan fingerprint density at radius 2 is 2.12 bits per heavy atom. The van der Waals surface area contributed by atoms with Gasteiger partial charge in [0.15, 0.2) is 0 Å². The van der Waals surface area contributed by atoms with Crippen molar-refractivity contribution < 1.29 is 4.74 Å². The highest BCUT2D eigenvalue weighted by Gasteiger charge is 2.27. The second-order valence-electron chi connectivity index (χ2n) is 6.68. The summed E-state index contributed by atoms with van der Waals surface area (Å²) in [4.78, 5) is 21.6. The van der Waals surface area contributed by atoms with E-state index in [0.29, 0.717) is 23.3 Å². The molecule has 0 bridgehead atoms. The van der Waals surface area contributed by atoms with Gasteiger partial charge in [-0.1, -0.05) is 0 Å². The van der Waals surface area contributed by atoms with Crippen LogP contribution in [0.25, 0.3) is 10.9 Å². The van der Waals surface area contributed by atoms with Crippen LogP contribution in [0, 0.1) is 6.92 Å². The Morgan fingerprint density at radius 1 is 1.28 bits per heavy atom. The Bertz CT molecular complexity index is 991. The van der Waals surface area contributed by atoms with E-state index >= 15 is 0 Å². The van der Waals surface area contributed by atoms with Crippen molar-refractivity contribution in [1.82, 2.24) is 24.3 Å². The van der Waals surface area contributed by atoms with Crippen LogP contribution in [-0.4, -0.2) is 30.9 Å². The van der Waals surface area contributed by atoms with Gasteiger partial charge >= 0.3 is 0 Å². The summed E-state index contributed by atoms with van der Waals surface area (Å²) in [6.07, 6.45) is 7.31. The van der Waals surface area contributed by atoms with Gasteiger partial charge in [0.2, 0.25) is 0 Å². The standard InChI is InChI=1S/C18H21N5O2/c1-11-21-16-9-19-15(7-14(16)18(24)23(11)3)12-4-5-25-17(6-12)13-8-20-22(2)10-13/h7-10,12,17H,4-6H2,1-3H3. The van der Waals surface area contributed by atoms with Crippen molar-refractivity contribution in [3.05, 3.63) is 52.1 Å². The van der Waals surface area contributed by atoms with Crippen molar-refractivity contribution in [3.8, 4) is 0 Å². The number of hydrogen-bond donors (Lipinski definition) is 0. The fraction of sp³-hybridized carbons (Fsp3) is 0.444. The molecule has 0 saturated carbocycles. The van der Waals surface area contributed by atoms with Gasteiger partial charge in [0.1, 0.15) is 5.82 Å². The Balaban J connectivity index is 1.68. The SMILES string of the molecule is Cc1nc2cnc(C3CCOC(c4cnn(C)c4)C3)cc2c(=O)n1C. The van der Waals surface area contributed by atoms with E-state index < -0.39 is 0 Å². The minimum absolute atomic E-state index is 0.0175. The molecule has 1 aliphatic rings. The third kappa shape index (κ3) is 2.84. The second kappa shape index (κ2) is 6.07. The molecule has 0 aliphatic carbocycles. The molecule has 25 heavy (non-hydrogen) atoms. The lowest BCUT2D eigenvalue weighted by Gasteiger charge is -2.28. The molecule has 2 unspecified atom stereocenters. The number of rotatable bonds is 2. The molecule has 2 atom stereocenters. The lowest BCUT2D eigenvalue weighted by molar-refractivity contribution is 0.00463.